The van der Waals surface area contributed by atoms with E-state index in [1.807, 2.05) is 42.6 Å². The van der Waals surface area contributed by atoms with E-state index in [1.165, 1.54) is 0 Å². The minimum absolute atomic E-state index is 0.188. The van der Waals surface area contributed by atoms with Crippen LogP contribution in [0.2, 0.25) is 0 Å². The first-order valence-electron chi connectivity index (χ1n) is 14.2. The Hall–Kier alpha value is -4.00. The van der Waals surface area contributed by atoms with E-state index in [9.17, 15) is 0 Å². The highest BCUT2D eigenvalue weighted by Gasteiger charge is 2.31. The molecule has 0 spiro atoms. The number of halogens is 2. The summed E-state index contributed by atoms with van der Waals surface area (Å²) in [6.45, 7) is 11.2. The molecule has 0 amide bonds. The van der Waals surface area contributed by atoms with Gasteiger partial charge in [-0.25, -0.2) is 18.4 Å². The Morgan fingerprint density at radius 1 is 1.02 bits per heavy atom. The van der Waals surface area contributed by atoms with Crippen LogP contribution >= 0.6 is 0 Å². The molecule has 0 aliphatic carbocycles. The number of nitrogens with zero attached hydrogens (tertiary/aromatic N) is 4. The minimum atomic E-state index is -0.331. The Morgan fingerprint density at radius 3 is 2.45 bits per heavy atom. The van der Waals surface area contributed by atoms with E-state index in [-0.39, 0.29) is 17.6 Å². The predicted octanol–water partition coefficient (Wildman–Crippen LogP) is 7.81. The van der Waals surface area contributed by atoms with Crippen molar-refractivity contribution in [2.45, 2.75) is 66.3 Å². The molecule has 7 heteroatoms. The van der Waals surface area contributed by atoms with Crippen LogP contribution in [0.25, 0.3) is 27.8 Å². The van der Waals surface area contributed by atoms with Gasteiger partial charge in [0.1, 0.15) is 5.82 Å². The van der Waals surface area contributed by atoms with Gasteiger partial charge in [0, 0.05) is 53.9 Å². The normalized spacial score (nSPS) is 13.4. The van der Waals surface area contributed by atoms with Crippen molar-refractivity contribution in [1.82, 2.24) is 19.7 Å². The second kappa shape index (κ2) is 10.2. The van der Waals surface area contributed by atoms with Gasteiger partial charge in [0.05, 0.1) is 17.1 Å². The fourth-order valence-electron chi connectivity index (χ4n) is 6.06. The molecule has 40 heavy (non-hydrogen) atoms. The summed E-state index contributed by atoms with van der Waals surface area (Å²) in [7, 11) is 0. The third kappa shape index (κ3) is 4.19. The van der Waals surface area contributed by atoms with Crippen molar-refractivity contribution in [3.63, 3.8) is 0 Å². The first-order chi connectivity index (χ1) is 19.3. The van der Waals surface area contributed by atoms with E-state index < -0.39 is 0 Å². The van der Waals surface area contributed by atoms with Gasteiger partial charge in [-0.1, -0.05) is 45.9 Å². The summed E-state index contributed by atoms with van der Waals surface area (Å²) >= 11 is 0. The summed E-state index contributed by atoms with van der Waals surface area (Å²) in [5, 5.41) is 5.97. The van der Waals surface area contributed by atoms with E-state index in [1.54, 1.807) is 18.3 Å². The molecule has 1 aliphatic rings. The lowest BCUT2D eigenvalue weighted by atomic mass is 9.95. The van der Waals surface area contributed by atoms with Crippen LogP contribution in [0.15, 0.2) is 48.8 Å². The zero-order chi connectivity index (χ0) is 28.1. The van der Waals surface area contributed by atoms with Gasteiger partial charge in [-0.05, 0) is 66.1 Å². The van der Waals surface area contributed by atoms with E-state index in [2.05, 4.69) is 42.0 Å². The van der Waals surface area contributed by atoms with Gasteiger partial charge in [-0.3, -0.25) is 0 Å². The van der Waals surface area contributed by atoms with Gasteiger partial charge in [0.25, 0.3) is 0 Å². The lowest BCUT2D eigenvalue weighted by molar-refractivity contribution is 0.595. The lowest BCUT2D eigenvalue weighted by Crippen LogP contribution is -2.31. The van der Waals surface area contributed by atoms with E-state index in [0.29, 0.717) is 30.9 Å². The van der Waals surface area contributed by atoms with Crippen LogP contribution < -0.4 is 4.90 Å². The average Bonchev–Trinajstić information content (AvgIpc) is 3.58. The van der Waals surface area contributed by atoms with Crippen molar-refractivity contribution >= 4 is 16.7 Å². The Labute approximate surface area is 233 Å². The summed E-state index contributed by atoms with van der Waals surface area (Å²) in [4.78, 5) is 9.79. The van der Waals surface area contributed by atoms with E-state index >= 15 is 8.78 Å². The number of aromatic amines is 1. The molecule has 3 aromatic heterocycles. The molecule has 0 bridgehead atoms. The molecule has 1 N–H and O–H groups in total. The van der Waals surface area contributed by atoms with Crippen molar-refractivity contribution in [2.75, 3.05) is 11.4 Å². The molecule has 6 rings (SSSR count). The molecular weight excluding hydrogens is 504 g/mol. The molecule has 5 nitrogen and oxygen atoms in total. The summed E-state index contributed by atoms with van der Waals surface area (Å²) < 4.78 is 33.4. The van der Waals surface area contributed by atoms with Gasteiger partial charge < -0.3 is 9.88 Å². The fraction of sp³-hybridized carbons (Fsp3) is 0.333. The third-order valence-corrected chi connectivity index (χ3v) is 8.25. The van der Waals surface area contributed by atoms with Gasteiger partial charge in [-0.2, -0.15) is 5.10 Å². The predicted molar refractivity (Wildman–Crippen MR) is 157 cm³/mol. The topological polar surface area (TPSA) is 49.7 Å². The molecule has 4 heterocycles. The number of anilines is 1. The number of nitrogens with one attached hydrogen (secondary N) is 1. The Morgan fingerprint density at radius 2 is 1.77 bits per heavy atom. The van der Waals surface area contributed by atoms with Gasteiger partial charge >= 0.3 is 0 Å². The molecule has 206 valence electrons. The number of hydrogen-bond donors (Lipinski definition) is 1. The summed E-state index contributed by atoms with van der Waals surface area (Å²) in [6, 6.07) is 11.4. The number of hydrogen-bond acceptors (Lipinski definition) is 3. The zero-order valence-corrected chi connectivity index (χ0v) is 23.8. The largest absolute Gasteiger partial charge is 0.361 e. The van der Waals surface area contributed by atoms with Crippen molar-refractivity contribution < 1.29 is 8.78 Å². The maximum atomic E-state index is 16.1. The molecule has 0 radical (unpaired) electrons. The monoisotopic (exact) mass is 539 g/mol. The molecule has 0 atom stereocenters. The minimum Gasteiger partial charge on any atom is -0.361 e. The van der Waals surface area contributed by atoms with Gasteiger partial charge in [0.2, 0.25) is 0 Å². The van der Waals surface area contributed by atoms with Crippen LogP contribution in [0.1, 0.15) is 67.1 Å². The Bertz CT molecular complexity index is 1710. The summed E-state index contributed by atoms with van der Waals surface area (Å²) in [5.74, 6) is -0.104. The average molecular weight is 540 g/mol. The Balaban J connectivity index is 1.60. The second-order valence-corrected chi connectivity index (χ2v) is 11.0. The number of rotatable bonds is 6. The van der Waals surface area contributed by atoms with Gasteiger partial charge in [0.15, 0.2) is 11.6 Å². The molecule has 2 aromatic carbocycles. The van der Waals surface area contributed by atoms with E-state index in [0.717, 1.165) is 68.6 Å². The first-order valence-corrected chi connectivity index (χ1v) is 14.2. The maximum Gasteiger partial charge on any atom is 0.165 e. The molecule has 1 aliphatic heterocycles. The van der Waals surface area contributed by atoms with Crippen LogP contribution in [0, 0.1) is 18.6 Å². The maximum absolute atomic E-state index is 16.1. The summed E-state index contributed by atoms with van der Waals surface area (Å²) in [6.07, 6.45) is 5.88. The SMILES string of the molecule is CCc1cccc(CC)c1-n1nc2c(c1-c1c(F)cc(C)c3[nH]ccc13)CN(c1ncc(C(C)C)cc1F)CC2. The third-order valence-electron chi connectivity index (χ3n) is 8.25. The fourth-order valence-corrected chi connectivity index (χ4v) is 6.06. The van der Waals surface area contributed by atoms with Crippen molar-refractivity contribution in [2.24, 2.45) is 0 Å². The van der Waals surface area contributed by atoms with Crippen molar-refractivity contribution in [3.05, 3.63) is 93.9 Å². The van der Waals surface area contributed by atoms with Crippen molar-refractivity contribution in [1.29, 1.82) is 0 Å². The van der Waals surface area contributed by atoms with Crippen LogP contribution in [-0.2, 0) is 25.8 Å². The number of para-hydroxylation sites is 1. The Kier molecular flexibility index (Phi) is 6.69. The molecule has 0 saturated carbocycles. The van der Waals surface area contributed by atoms with Crippen LogP contribution in [0.5, 0.6) is 0 Å². The zero-order valence-electron chi connectivity index (χ0n) is 23.8. The van der Waals surface area contributed by atoms with Crippen LogP contribution in [0.3, 0.4) is 0 Å². The lowest BCUT2D eigenvalue weighted by Gasteiger charge is -2.28. The highest BCUT2D eigenvalue weighted by atomic mass is 19.1. The number of aromatic nitrogens is 4. The highest BCUT2D eigenvalue weighted by molar-refractivity contribution is 5.97. The molecule has 0 saturated heterocycles. The number of aryl methyl sites for hydroxylation is 3. The highest BCUT2D eigenvalue weighted by Crippen LogP contribution is 2.41. The van der Waals surface area contributed by atoms with E-state index in [4.69, 9.17) is 5.10 Å². The second-order valence-electron chi connectivity index (χ2n) is 11.0. The van der Waals surface area contributed by atoms with Crippen LogP contribution in [-0.4, -0.2) is 26.3 Å². The molecule has 5 aromatic rings. The molecule has 0 unspecified atom stereocenters. The number of benzene rings is 2. The number of H-pyrrole nitrogens is 1. The summed E-state index contributed by atoms with van der Waals surface area (Å²) in [5.41, 5.74) is 9.04. The van der Waals surface area contributed by atoms with Crippen molar-refractivity contribution in [3.8, 4) is 16.9 Å². The quantitative estimate of drug-likeness (QED) is 0.239. The first kappa shape index (κ1) is 26.2. The molecular formula is C33H35F2N5. The standard InChI is InChI=1S/C33H35F2N5/c1-6-21-9-8-10-22(7-2)31(21)40-32(29-24-11-13-36-30(24)20(5)15-26(29)34)25-18-39(14-12-28(25)38-40)33-27(35)16-23(17-37-33)19(3)4/h8-11,13,15-17,19,36H,6-7,12,14,18H2,1-5H3. The van der Waals surface area contributed by atoms with Gasteiger partial charge in [-0.15, -0.1) is 0 Å². The smallest absolute Gasteiger partial charge is 0.165 e. The van der Waals surface area contributed by atoms with Crippen LogP contribution in [0.4, 0.5) is 14.6 Å². The number of pyridine rings is 1. The molecule has 0 fully saturated rings. The number of fused-ring (bicyclic) bond motifs is 2.